The number of thiophene rings is 1. The van der Waals surface area contributed by atoms with Crippen molar-refractivity contribution in [2.75, 3.05) is 26.2 Å². The summed E-state index contributed by atoms with van der Waals surface area (Å²) in [5.41, 5.74) is 2.87. The Morgan fingerprint density at radius 1 is 1.09 bits per heavy atom. The molecule has 2 aromatic carbocycles. The molecule has 0 spiro atoms. The second-order valence-electron chi connectivity index (χ2n) is 8.37. The lowest BCUT2D eigenvalue weighted by Gasteiger charge is -2.37. The summed E-state index contributed by atoms with van der Waals surface area (Å²) in [6.07, 6.45) is 1.63. The van der Waals surface area contributed by atoms with Crippen LogP contribution in [0.3, 0.4) is 0 Å². The molecule has 5 nitrogen and oxygen atoms in total. The fraction of sp³-hybridized carbons (Fsp3) is 0.333. The Labute approximate surface area is 199 Å². The molecule has 0 fully saturated rings. The van der Waals surface area contributed by atoms with Crippen molar-refractivity contribution in [2.24, 2.45) is 0 Å². The van der Waals surface area contributed by atoms with E-state index in [-0.39, 0.29) is 24.4 Å². The minimum atomic E-state index is -0.161. The minimum absolute atomic E-state index is 0.0394. The summed E-state index contributed by atoms with van der Waals surface area (Å²) in [5.74, 6) is 0.646. The topological polar surface area (TPSA) is 49.9 Å². The first-order valence-corrected chi connectivity index (χ1v) is 12.3. The van der Waals surface area contributed by atoms with Crippen LogP contribution >= 0.6 is 11.3 Å². The second-order valence-corrected chi connectivity index (χ2v) is 9.37. The summed E-state index contributed by atoms with van der Waals surface area (Å²) in [6, 6.07) is 19.1. The molecule has 6 heteroatoms. The zero-order chi connectivity index (χ0) is 23.2. The summed E-state index contributed by atoms with van der Waals surface area (Å²) < 4.78 is 6.06. The van der Waals surface area contributed by atoms with Crippen molar-refractivity contribution in [3.05, 3.63) is 87.6 Å². The SMILES string of the molecule is CCCN(CC(=O)N1CCc2sccc2[C@H]1COc1ccccc1)C(=O)c1ccc(C)cc1. The minimum Gasteiger partial charge on any atom is -0.491 e. The van der Waals surface area contributed by atoms with E-state index in [1.165, 1.54) is 4.88 Å². The first-order valence-electron chi connectivity index (χ1n) is 11.5. The summed E-state index contributed by atoms with van der Waals surface area (Å²) in [5, 5.41) is 2.08. The van der Waals surface area contributed by atoms with Gasteiger partial charge in [-0.15, -0.1) is 11.3 Å². The fourth-order valence-electron chi connectivity index (χ4n) is 4.22. The van der Waals surface area contributed by atoms with Crippen LogP contribution in [0.15, 0.2) is 66.0 Å². The molecule has 2 amide bonds. The number of rotatable bonds is 8. The molecule has 1 aliphatic rings. The lowest BCUT2D eigenvalue weighted by atomic mass is 10.0. The molecular weight excluding hydrogens is 432 g/mol. The average molecular weight is 463 g/mol. The van der Waals surface area contributed by atoms with Crippen LogP contribution in [0.25, 0.3) is 0 Å². The van der Waals surface area contributed by atoms with Gasteiger partial charge >= 0.3 is 0 Å². The van der Waals surface area contributed by atoms with Gasteiger partial charge in [-0.3, -0.25) is 9.59 Å². The molecule has 0 aliphatic carbocycles. The van der Waals surface area contributed by atoms with Crippen molar-refractivity contribution >= 4 is 23.2 Å². The number of aryl methyl sites for hydroxylation is 1. The van der Waals surface area contributed by atoms with Crippen LogP contribution in [-0.4, -0.2) is 47.9 Å². The maximum absolute atomic E-state index is 13.5. The maximum Gasteiger partial charge on any atom is 0.254 e. The third-order valence-corrected chi connectivity index (χ3v) is 6.97. The van der Waals surface area contributed by atoms with E-state index >= 15 is 0 Å². The Kier molecular flexibility index (Phi) is 7.45. The molecule has 1 atom stereocenters. The third kappa shape index (κ3) is 5.45. The van der Waals surface area contributed by atoms with Gasteiger partial charge in [0, 0.05) is 23.5 Å². The first kappa shape index (κ1) is 23.1. The van der Waals surface area contributed by atoms with Crippen molar-refractivity contribution in [3.8, 4) is 5.75 Å². The number of amides is 2. The van der Waals surface area contributed by atoms with Crippen LogP contribution in [-0.2, 0) is 11.2 Å². The van der Waals surface area contributed by atoms with Crippen molar-refractivity contribution in [1.29, 1.82) is 0 Å². The molecule has 1 aromatic heterocycles. The summed E-state index contributed by atoms with van der Waals surface area (Å²) >= 11 is 1.73. The molecule has 172 valence electrons. The number of carbonyl (C=O) groups excluding carboxylic acids is 2. The monoisotopic (exact) mass is 462 g/mol. The van der Waals surface area contributed by atoms with E-state index in [1.807, 2.05) is 73.3 Å². The van der Waals surface area contributed by atoms with Crippen molar-refractivity contribution in [3.63, 3.8) is 0 Å². The Bertz CT molecular complexity index is 1080. The van der Waals surface area contributed by atoms with E-state index in [0.29, 0.717) is 25.3 Å². The van der Waals surface area contributed by atoms with Crippen molar-refractivity contribution < 1.29 is 14.3 Å². The molecule has 0 N–H and O–H groups in total. The molecule has 3 aromatic rings. The van der Waals surface area contributed by atoms with Gasteiger partial charge in [-0.1, -0.05) is 42.8 Å². The zero-order valence-electron chi connectivity index (χ0n) is 19.2. The lowest BCUT2D eigenvalue weighted by molar-refractivity contribution is -0.135. The predicted octanol–water partition coefficient (Wildman–Crippen LogP) is 5.11. The number of nitrogens with zero attached hydrogens (tertiary/aromatic N) is 2. The van der Waals surface area contributed by atoms with Gasteiger partial charge < -0.3 is 14.5 Å². The van der Waals surface area contributed by atoms with E-state index in [0.717, 1.165) is 29.7 Å². The molecule has 0 radical (unpaired) electrons. The van der Waals surface area contributed by atoms with Gasteiger partial charge in [-0.25, -0.2) is 0 Å². The van der Waals surface area contributed by atoms with Crippen molar-refractivity contribution in [1.82, 2.24) is 9.80 Å². The molecular formula is C27H30N2O3S. The van der Waals surface area contributed by atoms with Gasteiger partial charge in [0.05, 0.1) is 6.04 Å². The number of carbonyl (C=O) groups is 2. The number of ether oxygens (including phenoxy) is 1. The maximum atomic E-state index is 13.5. The highest BCUT2D eigenvalue weighted by atomic mass is 32.1. The molecule has 0 unspecified atom stereocenters. The molecule has 33 heavy (non-hydrogen) atoms. The van der Waals surface area contributed by atoms with E-state index in [2.05, 4.69) is 11.4 Å². The van der Waals surface area contributed by atoms with Gasteiger partial charge in [-0.2, -0.15) is 0 Å². The number of hydrogen-bond acceptors (Lipinski definition) is 4. The van der Waals surface area contributed by atoms with Gasteiger partial charge in [0.25, 0.3) is 5.91 Å². The van der Waals surface area contributed by atoms with Crippen LogP contribution < -0.4 is 4.74 Å². The molecule has 2 heterocycles. The number of fused-ring (bicyclic) bond motifs is 1. The van der Waals surface area contributed by atoms with Gasteiger partial charge in [0.1, 0.15) is 18.9 Å². The molecule has 1 aliphatic heterocycles. The number of hydrogen-bond donors (Lipinski definition) is 0. The quantitative estimate of drug-likeness (QED) is 0.467. The molecule has 4 rings (SSSR count). The molecule has 0 bridgehead atoms. The summed E-state index contributed by atoms with van der Waals surface area (Å²) in [7, 11) is 0. The number of benzene rings is 2. The van der Waals surface area contributed by atoms with Crippen molar-refractivity contribution in [2.45, 2.75) is 32.7 Å². The standard InChI is InChI=1S/C27H30N2O3S/c1-3-15-28(27(31)21-11-9-20(2)10-12-21)18-26(30)29-16-13-25-23(14-17-33-25)24(29)19-32-22-7-5-4-6-8-22/h4-12,14,17,24H,3,13,15-16,18-19H2,1-2H3/t24-/m1/s1. The first-order chi connectivity index (χ1) is 16.1. The average Bonchev–Trinajstić information content (AvgIpc) is 3.32. The number of para-hydroxylation sites is 1. The highest BCUT2D eigenvalue weighted by Crippen LogP contribution is 2.34. The highest BCUT2D eigenvalue weighted by molar-refractivity contribution is 7.10. The Morgan fingerprint density at radius 3 is 2.58 bits per heavy atom. The Hall–Kier alpha value is -3.12. The van der Waals surface area contributed by atoms with E-state index in [9.17, 15) is 9.59 Å². The Balaban J connectivity index is 1.51. The fourth-order valence-corrected chi connectivity index (χ4v) is 5.15. The normalized spacial score (nSPS) is 15.1. The smallest absolute Gasteiger partial charge is 0.254 e. The van der Waals surface area contributed by atoms with E-state index < -0.39 is 0 Å². The van der Waals surface area contributed by atoms with E-state index in [1.54, 1.807) is 16.2 Å². The highest BCUT2D eigenvalue weighted by Gasteiger charge is 2.33. The molecule has 0 saturated heterocycles. The molecule has 0 saturated carbocycles. The largest absolute Gasteiger partial charge is 0.491 e. The summed E-state index contributed by atoms with van der Waals surface area (Å²) in [6.45, 7) is 5.65. The summed E-state index contributed by atoms with van der Waals surface area (Å²) in [4.78, 5) is 31.5. The predicted molar refractivity (Wildman–Crippen MR) is 132 cm³/mol. The second kappa shape index (κ2) is 10.7. The Morgan fingerprint density at radius 2 is 1.85 bits per heavy atom. The van der Waals surface area contributed by atoms with Gasteiger partial charge in [0.2, 0.25) is 5.91 Å². The van der Waals surface area contributed by atoms with Crippen LogP contribution in [0.4, 0.5) is 0 Å². The van der Waals surface area contributed by atoms with Gasteiger partial charge in [0.15, 0.2) is 0 Å². The van der Waals surface area contributed by atoms with Crippen LogP contribution in [0.1, 0.15) is 45.7 Å². The van der Waals surface area contributed by atoms with E-state index in [4.69, 9.17) is 4.74 Å². The van der Waals surface area contributed by atoms with Gasteiger partial charge in [-0.05, 0) is 61.0 Å². The zero-order valence-corrected chi connectivity index (χ0v) is 20.0. The third-order valence-electron chi connectivity index (χ3n) is 5.97. The van der Waals surface area contributed by atoms with Crippen LogP contribution in [0.5, 0.6) is 5.75 Å². The van der Waals surface area contributed by atoms with Crippen LogP contribution in [0, 0.1) is 6.92 Å². The van der Waals surface area contributed by atoms with Crippen LogP contribution in [0.2, 0.25) is 0 Å². The lowest BCUT2D eigenvalue weighted by Crippen LogP contribution is -2.48.